The molecule has 1 aliphatic rings. The summed E-state index contributed by atoms with van der Waals surface area (Å²) in [6.45, 7) is 6.49. The van der Waals surface area contributed by atoms with E-state index in [9.17, 15) is 13.6 Å². The number of halogens is 2. The minimum absolute atomic E-state index is 0.173. The SMILES string of the molecule is CC.Nc1[nH]ncc1C(=O)N1CCN(Cc2cccc(F)c2F)CC1. The van der Waals surface area contributed by atoms with Gasteiger partial charge >= 0.3 is 0 Å². The summed E-state index contributed by atoms with van der Waals surface area (Å²) in [4.78, 5) is 16.0. The molecule has 0 radical (unpaired) electrons. The first-order valence-electron chi connectivity index (χ1n) is 8.29. The Kier molecular flexibility index (Phi) is 6.46. The van der Waals surface area contributed by atoms with Gasteiger partial charge < -0.3 is 10.6 Å². The number of hydrogen-bond acceptors (Lipinski definition) is 4. The maximum absolute atomic E-state index is 13.7. The number of piperazine rings is 1. The largest absolute Gasteiger partial charge is 0.383 e. The van der Waals surface area contributed by atoms with Gasteiger partial charge in [-0.05, 0) is 6.07 Å². The third-order valence-corrected chi connectivity index (χ3v) is 3.98. The zero-order chi connectivity index (χ0) is 18.4. The molecule has 6 nitrogen and oxygen atoms in total. The van der Waals surface area contributed by atoms with Crippen molar-refractivity contribution >= 4 is 11.7 Å². The van der Waals surface area contributed by atoms with Gasteiger partial charge in [0.05, 0.1) is 6.20 Å². The van der Waals surface area contributed by atoms with Crippen molar-refractivity contribution in [2.24, 2.45) is 0 Å². The predicted octanol–water partition coefficient (Wildman–Crippen LogP) is 2.25. The summed E-state index contributed by atoms with van der Waals surface area (Å²) in [6.07, 6.45) is 1.41. The van der Waals surface area contributed by atoms with Gasteiger partial charge in [0.15, 0.2) is 11.6 Å². The zero-order valence-corrected chi connectivity index (χ0v) is 14.4. The van der Waals surface area contributed by atoms with E-state index < -0.39 is 11.6 Å². The maximum atomic E-state index is 13.7. The first kappa shape index (κ1) is 18.9. The number of hydrogen-bond donors (Lipinski definition) is 2. The third kappa shape index (κ3) is 4.33. The molecule has 1 saturated heterocycles. The number of nitrogens with one attached hydrogen (secondary N) is 1. The first-order valence-corrected chi connectivity index (χ1v) is 8.29. The molecule has 25 heavy (non-hydrogen) atoms. The number of nitrogens with two attached hydrogens (primary N) is 1. The molecule has 0 aliphatic carbocycles. The van der Waals surface area contributed by atoms with E-state index in [1.165, 1.54) is 12.3 Å². The van der Waals surface area contributed by atoms with Crippen molar-refractivity contribution < 1.29 is 13.6 Å². The fourth-order valence-electron chi connectivity index (χ4n) is 2.66. The summed E-state index contributed by atoms with van der Waals surface area (Å²) >= 11 is 0. The Labute approximate surface area is 145 Å². The number of nitrogen functional groups attached to an aromatic ring is 1. The smallest absolute Gasteiger partial charge is 0.259 e. The Bertz CT molecular complexity index is 711. The van der Waals surface area contributed by atoms with Gasteiger partial charge in [-0.25, -0.2) is 8.78 Å². The molecule has 8 heteroatoms. The summed E-state index contributed by atoms with van der Waals surface area (Å²) in [6, 6.07) is 4.17. The number of aromatic amines is 1. The number of aromatic nitrogens is 2. The van der Waals surface area contributed by atoms with Crippen LogP contribution in [-0.4, -0.2) is 52.1 Å². The highest BCUT2D eigenvalue weighted by Crippen LogP contribution is 2.16. The molecule has 2 aromatic rings. The van der Waals surface area contributed by atoms with Crippen LogP contribution in [0.3, 0.4) is 0 Å². The lowest BCUT2D eigenvalue weighted by atomic mass is 10.1. The molecule has 0 unspecified atom stereocenters. The minimum Gasteiger partial charge on any atom is -0.383 e. The van der Waals surface area contributed by atoms with Crippen molar-refractivity contribution in [2.75, 3.05) is 31.9 Å². The van der Waals surface area contributed by atoms with E-state index >= 15 is 0 Å². The van der Waals surface area contributed by atoms with Crippen molar-refractivity contribution in [1.29, 1.82) is 0 Å². The van der Waals surface area contributed by atoms with Crippen LogP contribution in [-0.2, 0) is 6.54 Å². The van der Waals surface area contributed by atoms with Crippen LogP contribution < -0.4 is 5.73 Å². The Balaban J connectivity index is 0.00000109. The Hall–Kier alpha value is -2.48. The van der Waals surface area contributed by atoms with Gasteiger partial charge in [-0.3, -0.25) is 14.8 Å². The second-order valence-electron chi connectivity index (χ2n) is 5.48. The van der Waals surface area contributed by atoms with E-state index in [2.05, 4.69) is 10.2 Å². The number of carbonyl (C=O) groups excluding carboxylic acids is 1. The van der Waals surface area contributed by atoms with Crippen molar-refractivity contribution in [3.63, 3.8) is 0 Å². The maximum Gasteiger partial charge on any atom is 0.259 e. The van der Waals surface area contributed by atoms with E-state index in [-0.39, 0.29) is 11.7 Å². The first-order chi connectivity index (χ1) is 12.1. The molecule has 0 spiro atoms. The molecule has 0 atom stereocenters. The van der Waals surface area contributed by atoms with Crippen molar-refractivity contribution in [3.8, 4) is 0 Å². The van der Waals surface area contributed by atoms with Crippen LogP contribution in [0.15, 0.2) is 24.4 Å². The Morgan fingerprint density at radius 1 is 1.24 bits per heavy atom. The fourth-order valence-corrected chi connectivity index (χ4v) is 2.66. The second kappa shape index (κ2) is 8.57. The third-order valence-electron chi connectivity index (χ3n) is 3.98. The summed E-state index contributed by atoms with van der Waals surface area (Å²) in [5.74, 6) is -1.57. The molecular formula is C17H23F2N5O. The molecule has 3 N–H and O–H groups in total. The number of H-pyrrole nitrogens is 1. The molecule has 1 fully saturated rings. The molecule has 0 bridgehead atoms. The number of benzene rings is 1. The average molecular weight is 351 g/mol. The van der Waals surface area contributed by atoms with Crippen molar-refractivity contribution in [1.82, 2.24) is 20.0 Å². The highest BCUT2D eigenvalue weighted by atomic mass is 19.2. The highest BCUT2D eigenvalue weighted by Gasteiger charge is 2.24. The number of nitrogens with zero attached hydrogens (tertiary/aromatic N) is 3. The molecule has 3 rings (SSSR count). The van der Waals surface area contributed by atoms with E-state index in [1.807, 2.05) is 18.7 Å². The van der Waals surface area contributed by atoms with Gasteiger partial charge in [-0.1, -0.05) is 26.0 Å². The second-order valence-corrected chi connectivity index (χ2v) is 5.48. The normalized spacial score (nSPS) is 14.8. The fraction of sp³-hybridized carbons (Fsp3) is 0.412. The molecule has 1 aromatic heterocycles. The summed E-state index contributed by atoms with van der Waals surface area (Å²) < 4.78 is 26.9. The van der Waals surface area contributed by atoms with Gasteiger partial charge in [-0.2, -0.15) is 5.10 Å². The van der Waals surface area contributed by atoms with Crippen molar-refractivity contribution in [3.05, 3.63) is 47.2 Å². The molecule has 1 amide bonds. The van der Waals surface area contributed by atoms with Crippen LogP contribution in [0.2, 0.25) is 0 Å². The van der Waals surface area contributed by atoms with Gasteiger partial charge in [-0.15, -0.1) is 0 Å². The van der Waals surface area contributed by atoms with Gasteiger partial charge in [0, 0.05) is 38.3 Å². The van der Waals surface area contributed by atoms with Crippen LogP contribution in [0.25, 0.3) is 0 Å². The summed E-state index contributed by atoms with van der Waals surface area (Å²) in [5.41, 5.74) is 6.33. The molecule has 2 heterocycles. The Morgan fingerprint density at radius 2 is 1.92 bits per heavy atom. The molecular weight excluding hydrogens is 328 g/mol. The van der Waals surface area contributed by atoms with Gasteiger partial charge in [0.1, 0.15) is 11.4 Å². The molecule has 136 valence electrons. The van der Waals surface area contributed by atoms with Crippen LogP contribution in [0, 0.1) is 11.6 Å². The zero-order valence-electron chi connectivity index (χ0n) is 14.4. The van der Waals surface area contributed by atoms with Gasteiger partial charge in [0.2, 0.25) is 0 Å². The average Bonchev–Trinajstić information content (AvgIpc) is 3.07. The number of rotatable bonds is 3. The quantitative estimate of drug-likeness (QED) is 0.889. The van der Waals surface area contributed by atoms with E-state index in [0.717, 1.165) is 6.07 Å². The van der Waals surface area contributed by atoms with E-state index in [4.69, 9.17) is 5.73 Å². The lowest BCUT2D eigenvalue weighted by Gasteiger charge is -2.34. The monoisotopic (exact) mass is 351 g/mol. The van der Waals surface area contributed by atoms with Gasteiger partial charge in [0.25, 0.3) is 5.91 Å². The standard InChI is InChI=1S/C15H17F2N5O.C2H6/c16-12-3-1-2-10(13(12)17)9-21-4-6-22(7-5-21)15(23)11-8-19-20-14(11)18;1-2/h1-3,8H,4-7,9H2,(H3,18,19,20);1-2H3. The lowest BCUT2D eigenvalue weighted by molar-refractivity contribution is 0.0628. The van der Waals surface area contributed by atoms with Crippen LogP contribution >= 0.6 is 0 Å². The van der Waals surface area contributed by atoms with Crippen LogP contribution in [0.1, 0.15) is 29.8 Å². The lowest BCUT2D eigenvalue weighted by Crippen LogP contribution is -2.48. The van der Waals surface area contributed by atoms with Crippen LogP contribution in [0.4, 0.5) is 14.6 Å². The van der Waals surface area contributed by atoms with Crippen LogP contribution in [0.5, 0.6) is 0 Å². The number of amides is 1. The van der Waals surface area contributed by atoms with E-state index in [0.29, 0.717) is 43.9 Å². The topological polar surface area (TPSA) is 78.2 Å². The Morgan fingerprint density at radius 3 is 2.52 bits per heavy atom. The number of carbonyl (C=O) groups is 1. The predicted molar refractivity (Wildman–Crippen MR) is 91.9 cm³/mol. The molecule has 0 saturated carbocycles. The molecule has 1 aliphatic heterocycles. The number of anilines is 1. The minimum atomic E-state index is -0.841. The highest BCUT2D eigenvalue weighted by molar-refractivity contribution is 5.98. The molecule has 1 aromatic carbocycles. The van der Waals surface area contributed by atoms with Crippen molar-refractivity contribution in [2.45, 2.75) is 20.4 Å². The summed E-state index contributed by atoms with van der Waals surface area (Å²) in [5, 5.41) is 6.28. The van der Waals surface area contributed by atoms with E-state index in [1.54, 1.807) is 11.0 Å². The summed E-state index contributed by atoms with van der Waals surface area (Å²) in [7, 11) is 0.